The third-order valence-corrected chi connectivity index (χ3v) is 3.45. The van der Waals surface area contributed by atoms with Gasteiger partial charge in [-0.15, -0.1) is 0 Å². The highest BCUT2D eigenvalue weighted by Crippen LogP contribution is 2.11. The van der Waals surface area contributed by atoms with Crippen LogP contribution in [0, 0.1) is 6.92 Å². The van der Waals surface area contributed by atoms with Crippen molar-refractivity contribution < 1.29 is 14.6 Å². The van der Waals surface area contributed by atoms with E-state index in [0.717, 1.165) is 50.7 Å². The van der Waals surface area contributed by atoms with Gasteiger partial charge < -0.3 is 19.9 Å². The largest absolute Gasteiger partial charge is 0.491 e. The Kier molecular flexibility index (Phi) is 6.95. The van der Waals surface area contributed by atoms with Gasteiger partial charge in [-0.1, -0.05) is 12.1 Å². The average molecular weight is 293 g/mol. The van der Waals surface area contributed by atoms with Crippen LogP contribution >= 0.6 is 0 Å². The van der Waals surface area contributed by atoms with Crippen LogP contribution in [0.1, 0.15) is 5.56 Å². The smallest absolute Gasteiger partial charge is 0.119 e. The van der Waals surface area contributed by atoms with E-state index in [1.54, 1.807) is 0 Å². The molecule has 0 bridgehead atoms. The molecule has 5 nitrogen and oxygen atoms in total. The number of nitrogens with one attached hydrogen (secondary N) is 1. The molecule has 0 amide bonds. The molecule has 1 heterocycles. The molecule has 117 valence electrons. The summed E-state index contributed by atoms with van der Waals surface area (Å²) in [4.78, 5) is 2.36. The quantitative estimate of drug-likeness (QED) is 0.685. The van der Waals surface area contributed by atoms with Gasteiger partial charge in [-0.3, -0.25) is 4.90 Å². The fourth-order valence-corrected chi connectivity index (χ4v) is 2.17. The molecule has 1 radical (unpaired) electrons. The first-order valence-electron chi connectivity index (χ1n) is 7.48. The molecule has 1 atom stereocenters. The van der Waals surface area contributed by atoms with Crippen LogP contribution in [0.3, 0.4) is 0 Å². The number of aliphatic hydroxyl groups is 1. The fraction of sp³-hybridized carbons (Fsp3) is 0.562. The topological polar surface area (TPSA) is 54.0 Å². The number of hydrogen-bond donors (Lipinski definition) is 2. The molecule has 0 aliphatic carbocycles. The van der Waals surface area contributed by atoms with Gasteiger partial charge >= 0.3 is 0 Å². The number of benzene rings is 1. The average Bonchev–Trinajstić information content (AvgIpc) is 2.52. The highest BCUT2D eigenvalue weighted by atomic mass is 16.5. The Morgan fingerprint density at radius 1 is 1.29 bits per heavy atom. The summed E-state index contributed by atoms with van der Waals surface area (Å²) in [7, 11) is 0. The van der Waals surface area contributed by atoms with Gasteiger partial charge in [-0.25, -0.2) is 0 Å². The molecule has 2 N–H and O–H groups in total. The second kappa shape index (κ2) is 9.00. The first-order chi connectivity index (χ1) is 10.2. The van der Waals surface area contributed by atoms with E-state index < -0.39 is 6.10 Å². The highest BCUT2D eigenvalue weighted by Gasteiger charge is 2.10. The van der Waals surface area contributed by atoms with Crippen molar-refractivity contribution in [1.82, 2.24) is 10.2 Å². The van der Waals surface area contributed by atoms with Gasteiger partial charge in [0.05, 0.1) is 13.2 Å². The van der Waals surface area contributed by atoms with Crippen molar-refractivity contribution in [3.8, 4) is 5.75 Å². The predicted octanol–water partition coefficient (Wildman–Crippen LogP) is 0.530. The summed E-state index contributed by atoms with van der Waals surface area (Å²) >= 11 is 0. The van der Waals surface area contributed by atoms with Gasteiger partial charge in [0.1, 0.15) is 18.5 Å². The standard InChI is InChI=1S/C16H25N2O3/c1-14-2-4-16(5-3-14)21-13-15(19)12-17-6-7-18-8-10-20-11-9-18/h2-5,15,17,19H,1,6-13H2. The molecule has 1 aliphatic rings. The molecule has 1 aliphatic heterocycles. The summed E-state index contributed by atoms with van der Waals surface area (Å²) in [6.45, 7) is 10.1. The molecule has 0 saturated carbocycles. The van der Waals surface area contributed by atoms with Crippen molar-refractivity contribution in [3.63, 3.8) is 0 Å². The van der Waals surface area contributed by atoms with Crippen molar-refractivity contribution >= 4 is 0 Å². The van der Waals surface area contributed by atoms with Crippen molar-refractivity contribution in [1.29, 1.82) is 0 Å². The zero-order chi connectivity index (χ0) is 14.9. The summed E-state index contributed by atoms with van der Waals surface area (Å²) in [5.41, 5.74) is 0.952. The minimum absolute atomic E-state index is 0.293. The molecular weight excluding hydrogens is 268 g/mol. The Bertz CT molecular complexity index is 391. The van der Waals surface area contributed by atoms with Gasteiger partial charge in [0.25, 0.3) is 0 Å². The van der Waals surface area contributed by atoms with E-state index >= 15 is 0 Å². The first-order valence-corrected chi connectivity index (χ1v) is 7.48. The zero-order valence-corrected chi connectivity index (χ0v) is 12.5. The molecule has 21 heavy (non-hydrogen) atoms. The first kappa shape index (κ1) is 16.2. The summed E-state index contributed by atoms with van der Waals surface area (Å²) in [5.74, 6) is 0.759. The van der Waals surface area contributed by atoms with Crippen molar-refractivity contribution in [3.05, 3.63) is 36.8 Å². The molecule has 1 fully saturated rings. The lowest BCUT2D eigenvalue weighted by atomic mass is 10.2. The van der Waals surface area contributed by atoms with E-state index in [2.05, 4.69) is 17.1 Å². The van der Waals surface area contributed by atoms with Crippen LogP contribution in [0.2, 0.25) is 0 Å². The lowest BCUT2D eigenvalue weighted by Gasteiger charge is -2.26. The van der Waals surface area contributed by atoms with Crippen molar-refractivity contribution in [2.75, 3.05) is 52.5 Å². The van der Waals surface area contributed by atoms with E-state index in [4.69, 9.17) is 9.47 Å². The summed E-state index contributed by atoms with van der Waals surface area (Å²) in [6, 6.07) is 7.51. The maximum Gasteiger partial charge on any atom is 0.119 e. The monoisotopic (exact) mass is 293 g/mol. The minimum atomic E-state index is -0.505. The van der Waals surface area contributed by atoms with Crippen LogP contribution in [0.5, 0.6) is 5.75 Å². The summed E-state index contributed by atoms with van der Waals surface area (Å²) in [5, 5.41) is 13.1. The second-order valence-corrected chi connectivity index (χ2v) is 5.27. The second-order valence-electron chi connectivity index (χ2n) is 5.27. The van der Waals surface area contributed by atoms with Crippen LogP contribution in [-0.2, 0) is 4.74 Å². The Morgan fingerprint density at radius 3 is 2.71 bits per heavy atom. The number of nitrogens with zero attached hydrogens (tertiary/aromatic N) is 1. The van der Waals surface area contributed by atoms with Crippen LogP contribution in [0.15, 0.2) is 24.3 Å². The molecule has 0 aromatic heterocycles. The molecule has 1 unspecified atom stereocenters. The van der Waals surface area contributed by atoms with Crippen LogP contribution in [0.4, 0.5) is 0 Å². The van der Waals surface area contributed by atoms with E-state index in [0.29, 0.717) is 13.2 Å². The summed E-state index contributed by atoms with van der Waals surface area (Å²) < 4.78 is 10.8. The predicted molar refractivity (Wildman–Crippen MR) is 82.5 cm³/mol. The van der Waals surface area contributed by atoms with Gasteiger partial charge in [0.15, 0.2) is 0 Å². The van der Waals surface area contributed by atoms with Gasteiger partial charge in [0, 0.05) is 32.7 Å². The van der Waals surface area contributed by atoms with Crippen LogP contribution in [0.25, 0.3) is 0 Å². The molecule has 0 spiro atoms. The van der Waals surface area contributed by atoms with Gasteiger partial charge in [0.2, 0.25) is 0 Å². The number of hydrogen-bond acceptors (Lipinski definition) is 5. The van der Waals surface area contributed by atoms with Crippen LogP contribution < -0.4 is 10.1 Å². The van der Waals surface area contributed by atoms with Crippen molar-refractivity contribution in [2.45, 2.75) is 6.10 Å². The van der Waals surface area contributed by atoms with E-state index in [1.807, 2.05) is 24.3 Å². The number of ether oxygens (including phenoxy) is 2. The summed E-state index contributed by atoms with van der Waals surface area (Å²) in [6.07, 6.45) is -0.505. The molecule has 1 aromatic carbocycles. The zero-order valence-electron chi connectivity index (χ0n) is 12.5. The third-order valence-electron chi connectivity index (χ3n) is 3.45. The van der Waals surface area contributed by atoms with E-state index in [-0.39, 0.29) is 0 Å². The minimum Gasteiger partial charge on any atom is -0.491 e. The lowest BCUT2D eigenvalue weighted by molar-refractivity contribution is 0.0376. The van der Waals surface area contributed by atoms with Crippen LogP contribution in [-0.4, -0.2) is 68.7 Å². The Labute approximate surface area is 126 Å². The molecule has 2 rings (SSSR count). The lowest BCUT2D eigenvalue weighted by Crippen LogP contribution is -2.41. The third kappa shape index (κ3) is 6.44. The highest BCUT2D eigenvalue weighted by molar-refractivity contribution is 5.28. The number of rotatable bonds is 8. The maximum atomic E-state index is 9.87. The molecule has 5 heteroatoms. The molecular formula is C16H25N2O3. The van der Waals surface area contributed by atoms with E-state index in [1.165, 1.54) is 0 Å². The van der Waals surface area contributed by atoms with E-state index in [9.17, 15) is 5.11 Å². The number of morpholine rings is 1. The Morgan fingerprint density at radius 2 is 2.00 bits per heavy atom. The van der Waals surface area contributed by atoms with Gasteiger partial charge in [-0.2, -0.15) is 0 Å². The molecule has 1 aromatic rings. The fourth-order valence-electron chi connectivity index (χ4n) is 2.17. The SMILES string of the molecule is [CH2]c1ccc(OCC(O)CNCCN2CCOCC2)cc1. The van der Waals surface area contributed by atoms with Gasteiger partial charge in [-0.05, 0) is 24.6 Å². The maximum absolute atomic E-state index is 9.87. The number of aliphatic hydroxyl groups excluding tert-OH is 1. The molecule has 1 saturated heterocycles. The Hall–Kier alpha value is -1.14. The normalized spacial score (nSPS) is 17.6. The van der Waals surface area contributed by atoms with Crippen molar-refractivity contribution in [2.24, 2.45) is 0 Å². The Balaban J connectivity index is 1.52.